The molecule has 1 aromatic heterocycles. The van der Waals surface area contributed by atoms with Crippen LogP contribution in [0, 0.1) is 31.3 Å². The standard InChI is InChI=1S/C17H15F3N2O/c1-9-7-13-14(8-10(9)2)22(5-6-23)17(21-13)11-3-4-12(18)16(20)15(11)19/h3-4,7-8,23H,5-6H2,1-2H3. The van der Waals surface area contributed by atoms with Crippen LogP contribution in [-0.2, 0) is 6.54 Å². The van der Waals surface area contributed by atoms with Gasteiger partial charge in [-0.2, -0.15) is 0 Å². The van der Waals surface area contributed by atoms with Gasteiger partial charge in [0.05, 0.1) is 23.2 Å². The van der Waals surface area contributed by atoms with Crippen LogP contribution < -0.4 is 0 Å². The summed E-state index contributed by atoms with van der Waals surface area (Å²) in [5, 5.41) is 9.28. The molecule has 1 N–H and O–H groups in total. The van der Waals surface area contributed by atoms with Crippen molar-refractivity contribution >= 4 is 11.0 Å². The van der Waals surface area contributed by atoms with E-state index in [1.807, 2.05) is 26.0 Å². The highest BCUT2D eigenvalue weighted by Crippen LogP contribution is 2.30. The highest BCUT2D eigenvalue weighted by atomic mass is 19.2. The zero-order valence-corrected chi connectivity index (χ0v) is 12.7. The van der Waals surface area contributed by atoms with Crippen LogP contribution in [0.15, 0.2) is 24.3 Å². The van der Waals surface area contributed by atoms with Gasteiger partial charge >= 0.3 is 0 Å². The molecule has 0 saturated heterocycles. The molecule has 6 heteroatoms. The maximum absolute atomic E-state index is 14.1. The summed E-state index contributed by atoms with van der Waals surface area (Å²) < 4.78 is 42.4. The third-order valence-corrected chi connectivity index (χ3v) is 3.96. The molecule has 0 radical (unpaired) electrons. The summed E-state index contributed by atoms with van der Waals surface area (Å²) in [5.41, 5.74) is 3.23. The first-order chi connectivity index (χ1) is 10.9. The molecule has 0 saturated carbocycles. The molecule has 23 heavy (non-hydrogen) atoms. The molecule has 3 aromatic rings. The predicted molar refractivity (Wildman–Crippen MR) is 81.6 cm³/mol. The highest BCUT2D eigenvalue weighted by molar-refractivity contribution is 5.82. The minimum absolute atomic E-state index is 0.135. The van der Waals surface area contributed by atoms with Crippen molar-refractivity contribution in [2.75, 3.05) is 6.61 Å². The lowest BCUT2D eigenvalue weighted by Crippen LogP contribution is -2.06. The van der Waals surface area contributed by atoms with Crippen molar-refractivity contribution in [1.29, 1.82) is 0 Å². The number of fused-ring (bicyclic) bond motifs is 1. The first kappa shape index (κ1) is 15.6. The normalized spacial score (nSPS) is 11.4. The van der Waals surface area contributed by atoms with E-state index in [2.05, 4.69) is 4.98 Å². The quantitative estimate of drug-likeness (QED) is 0.747. The highest BCUT2D eigenvalue weighted by Gasteiger charge is 2.20. The first-order valence-electron chi connectivity index (χ1n) is 7.16. The van der Waals surface area contributed by atoms with E-state index in [-0.39, 0.29) is 24.5 Å². The molecule has 0 aliphatic heterocycles. The summed E-state index contributed by atoms with van der Waals surface area (Å²) in [4.78, 5) is 4.36. The van der Waals surface area contributed by atoms with Crippen LogP contribution in [0.3, 0.4) is 0 Å². The number of benzene rings is 2. The van der Waals surface area contributed by atoms with Gasteiger partial charge in [-0.15, -0.1) is 0 Å². The lowest BCUT2D eigenvalue weighted by Gasteiger charge is -2.09. The second-order valence-electron chi connectivity index (χ2n) is 5.46. The van der Waals surface area contributed by atoms with Crippen LogP contribution in [0.1, 0.15) is 11.1 Å². The molecule has 2 aromatic carbocycles. The second kappa shape index (κ2) is 5.70. The molecule has 0 amide bonds. The number of nitrogens with zero attached hydrogens (tertiary/aromatic N) is 2. The number of aliphatic hydroxyl groups is 1. The topological polar surface area (TPSA) is 38.0 Å². The number of halogens is 3. The third-order valence-electron chi connectivity index (χ3n) is 3.96. The van der Waals surface area contributed by atoms with Gasteiger partial charge in [0.1, 0.15) is 5.82 Å². The monoisotopic (exact) mass is 320 g/mol. The largest absolute Gasteiger partial charge is 0.395 e. The van der Waals surface area contributed by atoms with E-state index in [4.69, 9.17) is 0 Å². The van der Waals surface area contributed by atoms with Crippen LogP contribution in [-0.4, -0.2) is 21.3 Å². The van der Waals surface area contributed by atoms with Gasteiger partial charge in [0.2, 0.25) is 0 Å². The summed E-state index contributed by atoms with van der Waals surface area (Å²) in [5.74, 6) is -3.90. The Kier molecular flexibility index (Phi) is 3.85. The van der Waals surface area contributed by atoms with Gasteiger partial charge in [-0.1, -0.05) is 0 Å². The smallest absolute Gasteiger partial charge is 0.195 e. The van der Waals surface area contributed by atoms with E-state index >= 15 is 0 Å². The Morgan fingerprint density at radius 1 is 1.04 bits per heavy atom. The average molecular weight is 320 g/mol. The molecular weight excluding hydrogens is 305 g/mol. The van der Waals surface area contributed by atoms with Crippen LogP contribution in [0.2, 0.25) is 0 Å². The van der Waals surface area contributed by atoms with Crippen molar-refractivity contribution < 1.29 is 18.3 Å². The number of hydrogen-bond acceptors (Lipinski definition) is 2. The first-order valence-corrected chi connectivity index (χ1v) is 7.16. The summed E-state index contributed by atoms with van der Waals surface area (Å²) in [6.45, 7) is 3.85. The Hall–Kier alpha value is -2.34. The van der Waals surface area contributed by atoms with Gasteiger partial charge in [-0.25, -0.2) is 18.2 Å². The molecule has 0 fully saturated rings. The van der Waals surface area contributed by atoms with E-state index in [9.17, 15) is 18.3 Å². The van der Waals surface area contributed by atoms with E-state index in [1.54, 1.807) is 4.57 Å². The molecule has 120 valence electrons. The Bertz CT molecular complexity index is 903. The van der Waals surface area contributed by atoms with Crippen molar-refractivity contribution in [2.24, 2.45) is 0 Å². The molecule has 0 aliphatic rings. The van der Waals surface area contributed by atoms with Gasteiger partial charge in [-0.05, 0) is 49.2 Å². The molecule has 3 nitrogen and oxygen atoms in total. The van der Waals surface area contributed by atoms with Crippen LogP contribution >= 0.6 is 0 Å². The second-order valence-corrected chi connectivity index (χ2v) is 5.46. The lowest BCUT2D eigenvalue weighted by molar-refractivity contribution is 0.278. The number of aryl methyl sites for hydroxylation is 2. The van der Waals surface area contributed by atoms with Gasteiger partial charge in [0.15, 0.2) is 17.5 Å². The Morgan fingerprint density at radius 2 is 1.74 bits per heavy atom. The van der Waals surface area contributed by atoms with E-state index in [0.29, 0.717) is 11.0 Å². The lowest BCUT2D eigenvalue weighted by atomic mass is 10.1. The van der Waals surface area contributed by atoms with E-state index < -0.39 is 17.5 Å². The fraction of sp³-hybridized carbons (Fsp3) is 0.235. The number of rotatable bonds is 3. The SMILES string of the molecule is Cc1cc2nc(-c3ccc(F)c(F)c3F)n(CCO)c2cc1C. The Balaban J connectivity index is 2.33. The van der Waals surface area contributed by atoms with Crippen molar-refractivity contribution in [1.82, 2.24) is 9.55 Å². The third kappa shape index (κ3) is 2.49. The number of aliphatic hydroxyl groups excluding tert-OH is 1. The number of aromatic nitrogens is 2. The van der Waals surface area contributed by atoms with Gasteiger partial charge in [0, 0.05) is 6.54 Å². The fourth-order valence-corrected chi connectivity index (χ4v) is 2.61. The van der Waals surface area contributed by atoms with Gasteiger partial charge < -0.3 is 9.67 Å². The molecule has 0 atom stereocenters. The molecular formula is C17H15F3N2O. The number of hydrogen-bond donors (Lipinski definition) is 1. The van der Waals surface area contributed by atoms with Crippen molar-refractivity contribution in [3.63, 3.8) is 0 Å². The minimum atomic E-state index is -1.53. The summed E-state index contributed by atoms with van der Waals surface area (Å²) in [6, 6.07) is 5.75. The van der Waals surface area contributed by atoms with Gasteiger partial charge in [0.25, 0.3) is 0 Å². The maximum atomic E-state index is 14.1. The molecule has 0 bridgehead atoms. The van der Waals surface area contributed by atoms with Crippen LogP contribution in [0.25, 0.3) is 22.4 Å². The zero-order valence-electron chi connectivity index (χ0n) is 12.7. The van der Waals surface area contributed by atoms with Crippen molar-refractivity contribution in [3.8, 4) is 11.4 Å². The Labute approximate surface area is 131 Å². The number of imidazole rings is 1. The predicted octanol–water partition coefficient (Wildman–Crippen LogP) is 3.73. The van der Waals surface area contributed by atoms with Crippen molar-refractivity contribution in [3.05, 3.63) is 52.8 Å². The Morgan fingerprint density at radius 3 is 2.43 bits per heavy atom. The molecule has 0 spiro atoms. The fourth-order valence-electron chi connectivity index (χ4n) is 2.61. The molecule has 1 heterocycles. The van der Waals surface area contributed by atoms with Crippen molar-refractivity contribution in [2.45, 2.75) is 20.4 Å². The zero-order chi connectivity index (χ0) is 16.7. The molecule has 0 unspecified atom stereocenters. The maximum Gasteiger partial charge on any atom is 0.195 e. The van der Waals surface area contributed by atoms with E-state index in [0.717, 1.165) is 23.3 Å². The summed E-state index contributed by atoms with van der Waals surface area (Å²) in [6.07, 6.45) is 0. The average Bonchev–Trinajstić information content (AvgIpc) is 2.84. The summed E-state index contributed by atoms with van der Waals surface area (Å²) >= 11 is 0. The van der Waals surface area contributed by atoms with Crippen LogP contribution in [0.5, 0.6) is 0 Å². The molecule has 0 aliphatic carbocycles. The minimum Gasteiger partial charge on any atom is -0.395 e. The summed E-state index contributed by atoms with van der Waals surface area (Å²) in [7, 11) is 0. The molecule has 3 rings (SSSR count). The van der Waals surface area contributed by atoms with E-state index in [1.165, 1.54) is 0 Å². The van der Waals surface area contributed by atoms with Crippen LogP contribution in [0.4, 0.5) is 13.2 Å². The van der Waals surface area contributed by atoms with Gasteiger partial charge in [-0.3, -0.25) is 0 Å².